The maximum atomic E-state index is 5.10. The summed E-state index contributed by atoms with van der Waals surface area (Å²) in [6.07, 6.45) is 0. The van der Waals surface area contributed by atoms with E-state index in [1.165, 1.54) is 16.3 Å². The minimum absolute atomic E-state index is 0.985. The summed E-state index contributed by atoms with van der Waals surface area (Å²) in [6.45, 7) is 3.97. The third-order valence-electron chi connectivity index (χ3n) is 4.44. The summed E-state index contributed by atoms with van der Waals surface area (Å²) in [5.74, 6) is 1.06. The molecule has 1 N–H and O–H groups in total. The molecule has 0 aliphatic carbocycles. The smallest absolute Gasteiger partial charge is 0.136 e. The molecule has 0 spiro atoms. The van der Waals surface area contributed by atoms with Crippen molar-refractivity contribution < 1.29 is 0 Å². The molecule has 3 aromatic carbocycles. The van der Waals surface area contributed by atoms with Gasteiger partial charge in [0, 0.05) is 37.1 Å². The second-order valence-corrected chi connectivity index (χ2v) is 6.04. The molecule has 4 rings (SSSR count). The molecule has 0 saturated carbocycles. The van der Waals surface area contributed by atoms with E-state index in [4.69, 9.17) is 4.99 Å². The molecule has 24 heavy (non-hydrogen) atoms. The quantitative estimate of drug-likeness (QED) is 0.575. The number of amidine groups is 1. The van der Waals surface area contributed by atoms with Crippen molar-refractivity contribution in [3.8, 4) is 0 Å². The highest BCUT2D eigenvalue weighted by molar-refractivity contribution is 6.03. The zero-order valence-electron chi connectivity index (χ0n) is 13.7. The molecule has 1 aliphatic rings. The number of nitrogens with one attached hydrogen (secondary N) is 1. The van der Waals surface area contributed by atoms with E-state index in [2.05, 4.69) is 83.0 Å². The molecule has 0 amide bonds. The van der Waals surface area contributed by atoms with Crippen molar-refractivity contribution in [2.45, 2.75) is 0 Å². The van der Waals surface area contributed by atoms with Gasteiger partial charge in [0.15, 0.2) is 0 Å². The fourth-order valence-electron chi connectivity index (χ4n) is 3.20. The first-order valence-corrected chi connectivity index (χ1v) is 8.49. The SMILES string of the molecule is c1ccc(C(=Nc2cccc3ccccc23)N2CCNCC2)cc1. The molecule has 1 aliphatic heterocycles. The van der Waals surface area contributed by atoms with Crippen LogP contribution in [0.25, 0.3) is 10.8 Å². The lowest BCUT2D eigenvalue weighted by atomic mass is 10.1. The molecule has 1 heterocycles. The molecule has 120 valence electrons. The van der Waals surface area contributed by atoms with Gasteiger partial charge in [-0.05, 0) is 11.5 Å². The van der Waals surface area contributed by atoms with Crippen molar-refractivity contribution in [2.24, 2.45) is 4.99 Å². The second-order valence-electron chi connectivity index (χ2n) is 6.04. The molecule has 3 nitrogen and oxygen atoms in total. The van der Waals surface area contributed by atoms with Crippen LogP contribution in [-0.2, 0) is 0 Å². The number of aliphatic imine (C=N–C) groups is 1. The topological polar surface area (TPSA) is 27.6 Å². The van der Waals surface area contributed by atoms with Gasteiger partial charge in [-0.3, -0.25) is 0 Å². The number of rotatable bonds is 2. The van der Waals surface area contributed by atoms with Gasteiger partial charge in [0.1, 0.15) is 5.84 Å². The summed E-state index contributed by atoms with van der Waals surface area (Å²) >= 11 is 0. The van der Waals surface area contributed by atoms with E-state index in [0.29, 0.717) is 0 Å². The van der Waals surface area contributed by atoms with Crippen molar-refractivity contribution in [3.63, 3.8) is 0 Å². The molecule has 1 fully saturated rings. The summed E-state index contributed by atoms with van der Waals surface area (Å²) in [7, 11) is 0. The molecular formula is C21H21N3. The van der Waals surface area contributed by atoms with Crippen LogP contribution < -0.4 is 5.32 Å². The summed E-state index contributed by atoms with van der Waals surface area (Å²) in [6, 6.07) is 25.3. The van der Waals surface area contributed by atoms with Gasteiger partial charge in [-0.2, -0.15) is 0 Å². The van der Waals surface area contributed by atoms with E-state index in [1.807, 2.05) is 0 Å². The Balaban J connectivity index is 1.84. The Morgan fingerprint density at radius 3 is 2.33 bits per heavy atom. The molecule has 3 heteroatoms. The Hall–Kier alpha value is -2.65. The highest BCUT2D eigenvalue weighted by Gasteiger charge is 2.16. The van der Waals surface area contributed by atoms with Crippen molar-refractivity contribution in [3.05, 3.63) is 78.4 Å². The Bertz CT molecular complexity index is 844. The van der Waals surface area contributed by atoms with Crippen LogP contribution in [0.5, 0.6) is 0 Å². The first-order valence-electron chi connectivity index (χ1n) is 8.49. The zero-order valence-corrected chi connectivity index (χ0v) is 13.7. The van der Waals surface area contributed by atoms with E-state index >= 15 is 0 Å². The fraction of sp³-hybridized carbons (Fsp3) is 0.190. The Morgan fingerprint density at radius 1 is 0.792 bits per heavy atom. The van der Waals surface area contributed by atoms with Crippen LogP contribution >= 0.6 is 0 Å². The maximum Gasteiger partial charge on any atom is 0.136 e. The van der Waals surface area contributed by atoms with E-state index in [0.717, 1.165) is 37.7 Å². The van der Waals surface area contributed by atoms with Gasteiger partial charge < -0.3 is 10.2 Å². The zero-order chi connectivity index (χ0) is 16.2. The average molecular weight is 315 g/mol. The Kier molecular flexibility index (Phi) is 4.26. The van der Waals surface area contributed by atoms with Crippen molar-refractivity contribution in [1.82, 2.24) is 10.2 Å². The fourth-order valence-corrected chi connectivity index (χ4v) is 3.20. The van der Waals surface area contributed by atoms with Crippen molar-refractivity contribution >= 4 is 22.3 Å². The Labute approximate surface area is 142 Å². The van der Waals surface area contributed by atoms with E-state index in [9.17, 15) is 0 Å². The lowest BCUT2D eigenvalue weighted by Crippen LogP contribution is -2.46. The van der Waals surface area contributed by atoms with E-state index in [1.54, 1.807) is 0 Å². The predicted molar refractivity (Wildman–Crippen MR) is 101 cm³/mol. The molecule has 0 atom stereocenters. The van der Waals surface area contributed by atoms with Crippen molar-refractivity contribution in [1.29, 1.82) is 0 Å². The summed E-state index contributed by atoms with van der Waals surface area (Å²) < 4.78 is 0. The van der Waals surface area contributed by atoms with E-state index < -0.39 is 0 Å². The summed E-state index contributed by atoms with van der Waals surface area (Å²) in [5, 5.41) is 5.84. The van der Waals surface area contributed by atoms with Crippen LogP contribution in [0.15, 0.2) is 77.8 Å². The minimum Gasteiger partial charge on any atom is -0.354 e. The number of benzene rings is 3. The summed E-state index contributed by atoms with van der Waals surface area (Å²) in [4.78, 5) is 7.48. The van der Waals surface area contributed by atoms with Crippen LogP contribution in [0, 0.1) is 0 Å². The van der Waals surface area contributed by atoms with Crippen LogP contribution in [0.2, 0.25) is 0 Å². The van der Waals surface area contributed by atoms with Crippen molar-refractivity contribution in [2.75, 3.05) is 26.2 Å². The lowest BCUT2D eigenvalue weighted by Gasteiger charge is -2.30. The summed E-state index contributed by atoms with van der Waals surface area (Å²) in [5.41, 5.74) is 2.21. The predicted octanol–water partition coefficient (Wildman–Crippen LogP) is 3.82. The Morgan fingerprint density at radius 2 is 1.50 bits per heavy atom. The molecule has 3 aromatic rings. The highest BCUT2D eigenvalue weighted by atomic mass is 15.2. The van der Waals surface area contributed by atoms with Crippen LogP contribution in [0.4, 0.5) is 5.69 Å². The number of piperazine rings is 1. The third-order valence-corrected chi connectivity index (χ3v) is 4.44. The molecular weight excluding hydrogens is 294 g/mol. The largest absolute Gasteiger partial charge is 0.354 e. The normalized spacial score (nSPS) is 15.7. The van der Waals surface area contributed by atoms with Gasteiger partial charge in [0.2, 0.25) is 0 Å². The van der Waals surface area contributed by atoms with Crippen LogP contribution in [0.1, 0.15) is 5.56 Å². The van der Waals surface area contributed by atoms with Gasteiger partial charge in [0.05, 0.1) is 5.69 Å². The third kappa shape index (κ3) is 3.03. The maximum absolute atomic E-state index is 5.10. The number of fused-ring (bicyclic) bond motifs is 1. The second kappa shape index (κ2) is 6.85. The molecule has 0 radical (unpaired) electrons. The molecule has 0 bridgehead atoms. The first kappa shape index (κ1) is 14.9. The van der Waals surface area contributed by atoms with Gasteiger partial charge in [-0.25, -0.2) is 4.99 Å². The van der Waals surface area contributed by atoms with Gasteiger partial charge in [-0.15, -0.1) is 0 Å². The van der Waals surface area contributed by atoms with Crippen LogP contribution in [0.3, 0.4) is 0 Å². The monoisotopic (exact) mass is 315 g/mol. The molecule has 0 unspecified atom stereocenters. The highest BCUT2D eigenvalue weighted by Crippen LogP contribution is 2.27. The number of nitrogens with zero attached hydrogens (tertiary/aromatic N) is 2. The number of hydrogen-bond donors (Lipinski definition) is 1. The first-order chi connectivity index (χ1) is 11.9. The number of hydrogen-bond acceptors (Lipinski definition) is 2. The van der Waals surface area contributed by atoms with E-state index in [-0.39, 0.29) is 0 Å². The van der Waals surface area contributed by atoms with Gasteiger partial charge >= 0.3 is 0 Å². The molecule has 1 saturated heterocycles. The average Bonchev–Trinajstić information content (AvgIpc) is 2.67. The lowest BCUT2D eigenvalue weighted by molar-refractivity contribution is 0.358. The van der Waals surface area contributed by atoms with Crippen LogP contribution in [-0.4, -0.2) is 36.9 Å². The minimum atomic E-state index is 0.985. The van der Waals surface area contributed by atoms with Gasteiger partial charge in [-0.1, -0.05) is 66.7 Å². The molecule has 0 aromatic heterocycles. The standard InChI is InChI=1S/C21H21N3/c1-2-8-18(9-3-1)21(24-15-13-22-14-16-24)23-20-12-6-10-17-7-4-5-11-19(17)20/h1-12,22H,13-16H2. The van der Waals surface area contributed by atoms with Gasteiger partial charge in [0.25, 0.3) is 0 Å².